The average Bonchev–Trinajstić information content (AvgIpc) is 2.60. The molecule has 1 aliphatic rings. The van der Waals surface area contributed by atoms with Crippen LogP contribution in [0, 0.1) is 5.92 Å². The maximum Gasteiger partial charge on any atom is 0.408 e. The van der Waals surface area contributed by atoms with Crippen molar-refractivity contribution >= 4 is 17.3 Å². The number of hydrogen-bond acceptors (Lipinski definition) is 5. The Hall–Kier alpha value is -2.27. The number of allylic oxidation sites excluding steroid dienone is 2. The first-order chi connectivity index (χ1) is 13.3. The third-order valence-corrected chi connectivity index (χ3v) is 4.49. The third kappa shape index (κ3) is 6.10. The molecule has 1 N–H and O–H groups in total. The van der Waals surface area contributed by atoms with Gasteiger partial charge in [-0.3, -0.25) is 4.79 Å². The predicted molar refractivity (Wildman–Crippen MR) is 89.4 cm³/mol. The summed E-state index contributed by atoms with van der Waals surface area (Å²) >= 11 is 0. The van der Waals surface area contributed by atoms with Gasteiger partial charge in [-0.05, 0) is 26.2 Å². The van der Waals surface area contributed by atoms with Crippen molar-refractivity contribution in [1.29, 1.82) is 0 Å². The van der Waals surface area contributed by atoms with Gasteiger partial charge >= 0.3 is 12.4 Å². The van der Waals surface area contributed by atoms with Crippen molar-refractivity contribution in [1.82, 2.24) is 15.0 Å². The number of ketones is 1. The van der Waals surface area contributed by atoms with E-state index in [0.29, 0.717) is 6.42 Å². The number of aromatic nitrogens is 3. The van der Waals surface area contributed by atoms with E-state index in [1.807, 2.05) is 5.32 Å². The van der Waals surface area contributed by atoms with E-state index in [4.69, 9.17) is 0 Å². The van der Waals surface area contributed by atoms with Crippen LogP contribution >= 0.6 is 0 Å². The maximum atomic E-state index is 14.2. The number of Topliss-reactive ketones (excluding diaryl/α,β-unsaturated/α-hetero) is 1. The summed E-state index contributed by atoms with van der Waals surface area (Å²) in [4.78, 5) is 23.0. The molecule has 0 saturated carbocycles. The summed E-state index contributed by atoms with van der Waals surface area (Å²) in [5, 5.41) is 2.01. The number of nitrogens with zero attached hydrogens (tertiary/aromatic N) is 3. The largest absolute Gasteiger partial charge is 0.408 e. The van der Waals surface area contributed by atoms with Crippen LogP contribution < -0.4 is 5.32 Å². The Labute approximate surface area is 161 Å². The smallest absolute Gasteiger partial charge is 0.343 e. The second-order valence-electron chi connectivity index (χ2n) is 6.86. The lowest BCUT2D eigenvalue weighted by Gasteiger charge is -2.19. The second kappa shape index (κ2) is 8.62. The number of anilines is 1. The number of alkyl halides is 6. The van der Waals surface area contributed by atoms with Gasteiger partial charge in [-0.25, -0.2) is 9.37 Å². The molecule has 0 spiro atoms. The molecule has 12 heteroatoms. The zero-order chi connectivity index (χ0) is 22.0. The minimum absolute atomic E-state index is 0.0212. The maximum absolute atomic E-state index is 14.2. The Morgan fingerprint density at radius 3 is 2.24 bits per heavy atom. The molecule has 0 aliphatic heterocycles. The Morgan fingerprint density at radius 2 is 1.66 bits per heavy atom. The summed E-state index contributed by atoms with van der Waals surface area (Å²) in [5.41, 5.74) is -0.184. The topological polar surface area (TPSA) is 67.8 Å². The lowest BCUT2D eigenvalue weighted by Crippen LogP contribution is -2.34. The van der Waals surface area contributed by atoms with Crippen LogP contribution in [0.15, 0.2) is 5.83 Å². The molecule has 0 amide bonds. The molecular weight excluding hydrogens is 409 g/mol. The molecule has 5 nitrogen and oxygen atoms in total. The van der Waals surface area contributed by atoms with Crippen LogP contribution in [0.2, 0.25) is 0 Å². The number of aryl methyl sites for hydroxylation is 1. The molecule has 1 heterocycles. The van der Waals surface area contributed by atoms with E-state index >= 15 is 0 Å². The van der Waals surface area contributed by atoms with E-state index in [1.54, 1.807) is 0 Å². The zero-order valence-corrected chi connectivity index (χ0v) is 15.6. The van der Waals surface area contributed by atoms with Gasteiger partial charge < -0.3 is 5.32 Å². The van der Waals surface area contributed by atoms with Crippen LogP contribution in [0.3, 0.4) is 0 Å². The Kier molecular flexibility index (Phi) is 6.84. The highest BCUT2D eigenvalue weighted by molar-refractivity contribution is 6.01. The summed E-state index contributed by atoms with van der Waals surface area (Å²) in [7, 11) is 0. The first kappa shape index (κ1) is 23.0. The standard InChI is InChI=1S/C17H19F7N4O/c1-8(16(19,20)21)6-7-12-26-14(10-4-3-5-11(29)13(10)18)28-15(27-12)25-9(2)17(22,23)24/h8-9H,3-7H2,1-2H3,(H,25,26,27,28)/t8-,9+/m0/s1. The first-order valence-corrected chi connectivity index (χ1v) is 8.86. The summed E-state index contributed by atoms with van der Waals surface area (Å²) < 4.78 is 90.8. The van der Waals surface area contributed by atoms with Crippen LogP contribution in [0.5, 0.6) is 0 Å². The van der Waals surface area contributed by atoms with E-state index < -0.39 is 48.3 Å². The van der Waals surface area contributed by atoms with Gasteiger partial charge in [-0.2, -0.15) is 36.3 Å². The monoisotopic (exact) mass is 428 g/mol. The van der Waals surface area contributed by atoms with Gasteiger partial charge in [0.1, 0.15) is 11.9 Å². The number of carbonyl (C=O) groups is 1. The average molecular weight is 428 g/mol. The van der Waals surface area contributed by atoms with Crippen molar-refractivity contribution in [2.24, 2.45) is 5.92 Å². The van der Waals surface area contributed by atoms with Crippen molar-refractivity contribution in [3.05, 3.63) is 17.5 Å². The molecule has 1 aromatic rings. The highest BCUT2D eigenvalue weighted by atomic mass is 19.4. The molecule has 2 atom stereocenters. The van der Waals surface area contributed by atoms with Gasteiger partial charge in [-0.1, -0.05) is 6.92 Å². The molecule has 0 radical (unpaired) electrons. The molecule has 0 aromatic carbocycles. The fourth-order valence-electron chi connectivity index (χ4n) is 2.54. The van der Waals surface area contributed by atoms with E-state index in [0.717, 1.165) is 13.8 Å². The SMILES string of the molecule is C[C@@H](CCc1nc(N[C@H](C)C(F)(F)F)nc(C2=C(F)C(=O)CCC2)n1)C(F)(F)F. The van der Waals surface area contributed by atoms with Crippen LogP contribution in [0.4, 0.5) is 36.7 Å². The van der Waals surface area contributed by atoms with Crippen molar-refractivity contribution in [3.8, 4) is 0 Å². The number of nitrogens with one attached hydrogen (secondary N) is 1. The fourth-order valence-corrected chi connectivity index (χ4v) is 2.54. The molecule has 29 heavy (non-hydrogen) atoms. The normalized spacial score (nSPS) is 18.0. The van der Waals surface area contributed by atoms with Gasteiger partial charge in [0.25, 0.3) is 0 Å². The summed E-state index contributed by atoms with van der Waals surface area (Å²) in [6.07, 6.45) is -9.46. The highest BCUT2D eigenvalue weighted by Gasteiger charge is 2.37. The molecule has 1 aliphatic carbocycles. The van der Waals surface area contributed by atoms with Gasteiger partial charge in [0.05, 0.1) is 5.92 Å². The molecule has 0 unspecified atom stereocenters. The summed E-state index contributed by atoms with van der Waals surface area (Å²) in [5.74, 6) is -4.68. The molecule has 2 rings (SSSR count). The van der Waals surface area contributed by atoms with Crippen molar-refractivity contribution in [2.45, 2.75) is 64.3 Å². The first-order valence-electron chi connectivity index (χ1n) is 8.86. The molecule has 162 valence electrons. The van der Waals surface area contributed by atoms with Crippen molar-refractivity contribution < 1.29 is 35.5 Å². The number of rotatable bonds is 6. The number of hydrogen-bond donors (Lipinski definition) is 1. The molecule has 0 fully saturated rings. The second-order valence-corrected chi connectivity index (χ2v) is 6.86. The summed E-state index contributed by atoms with van der Waals surface area (Å²) in [6, 6.07) is -2.06. The predicted octanol–water partition coefficient (Wildman–Crippen LogP) is 4.80. The van der Waals surface area contributed by atoms with Crippen LogP contribution in [-0.4, -0.2) is 39.1 Å². The van der Waals surface area contributed by atoms with E-state index in [9.17, 15) is 35.5 Å². The quantitative estimate of drug-likeness (QED) is 0.660. The Bertz CT molecular complexity index is 789. The molecule has 0 saturated heterocycles. The minimum Gasteiger partial charge on any atom is -0.343 e. The van der Waals surface area contributed by atoms with E-state index in [2.05, 4.69) is 15.0 Å². The third-order valence-electron chi connectivity index (χ3n) is 4.49. The van der Waals surface area contributed by atoms with Gasteiger partial charge in [0.2, 0.25) is 5.95 Å². The van der Waals surface area contributed by atoms with Crippen LogP contribution in [-0.2, 0) is 11.2 Å². The Balaban J connectivity index is 2.38. The molecule has 1 aromatic heterocycles. The van der Waals surface area contributed by atoms with Crippen molar-refractivity contribution in [3.63, 3.8) is 0 Å². The molecular formula is C17H19F7N4O. The Morgan fingerprint density at radius 1 is 1.00 bits per heavy atom. The number of halogens is 7. The van der Waals surface area contributed by atoms with Crippen LogP contribution in [0.1, 0.15) is 51.2 Å². The van der Waals surface area contributed by atoms with Gasteiger partial charge in [0.15, 0.2) is 17.4 Å². The lowest BCUT2D eigenvalue weighted by molar-refractivity contribution is -0.171. The number of carbonyl (C=O) groups excluding carboxylic acids is 1. The van der Waals surface area contributed by atoms with E-state index in [1.165, 1.54) is 0 Å². The highest BCUT2D eigenvalue weighted by Crippen LogP contribution is 2.32. The fraction of sp³-hybridized carbons (Fsp3) is 0.647. The minimum atomic E-state index is -4.64. The van der Waals surface area contributed by atoms with Gasteiger partial charge in [-0.15, -0.1) is 0 Å². The van der Waals surface area contributed by atoms with E-state index in [-0.39, 0.29) is 36.5 Å². The summed E-state index contributed by atoms with van der Waals surface area (Å²) in [6.45, 7) is 1.76. The van der Waals surface area contributed by atoms with Crippen LogP contribution in [0.25, 0.3) is 5.57 Å². The lowest BCUT2D eigenvalue weighted by atomic mass is 9.97. The zero-order valence-electron chi connectivity index (χ0n) is 15.6. The van der Waals surface area contributed by atoms with Crippen molar-refractivity contribution in [2.75, 3.05) is 5.32 Å². The molecule has 0 bridgehead atoms. The van der Waals surface area contributed by atoms with Gasteiger partial charge in [0, 0.05) is 18.4 Å².